The molecule has 0 atom stereocenters. The molecule has 0 aliphatic carbocycles. The van der Waals surface area contributed by atoms with Crippen molar-refractivity contribution in [2.45, 2.75) is 0 Å². The van der Waals surface area contributed by atoms with E-state index < -0.39 is 6.10 Å². The van der Waals surface area contributed by atoms with E-state index >= 15 is 0 Å². The number of hydrogen-bond acceptors (Lipinski definition) is 2. The first-order valence-corrected chi connectivity index (χ1v) is 2.44. The van der Waals surface area contributed by atoms with E-state index in [1.807, 2.05) is 0 Å². The second-order valence-corrected chi connectivity index (χ2v) is 1.32. The van der Waals surface area contributed by atoms with Crippen LogP contribution < -0.4 is 0 Å². The van der Waals surface area contributed by atoms with Crippen LogP contribution in [0.1, 0.15) is 0 Å². The van der Waals surface area contributed by atoms with Gasteiger partial charge in [-0.3, -0.25) is 0 Å². The maximum atomic E-state index is 9.04. The molecule has 0 fully saturated rings. The predicted octanol–water partition coefficient (Wildman–Crippen LogP) is 0.243. The molecule has 0 aromatic heterocycles. The summed E-state index contributed by atoms with van der Waals surface area (Å²) in [6.07, 6.45) is -2.12. The summed E-state index contributed by atoms with van der Waals surface area (Å²) in [5.41, 5.74) is 0. The standard InChI is InChI=1S/Li.O2P/c;1-3-2. The van der Waals surface area contributed by atoms with Crippen LogP contribution in [0, 0.1) is 0 Å². The summed E-state index contributed by atoms with van der Waals surface area (Å²) in [5.74, 6) is 0. The van der Waals surface area contributed by atoms with Gasteiger partial charge in [-0.2, -0.15) is 0 Å². The summed E-state index contributed by atoms with van der Waals surface area (Å²) < 4.78 is 18.1. The van der Waals surface area contributed by atoms with Crippen LogP contribution in [0.4, 0.5) is 0 Å². The van der Waals surface area contributed by atoms with Crippen LogP contribution >= 0.6 is 6.10 Å². The molecule has 0 aliphatic heterocycles. The van der Waals surface area contributed by atoms with E-state index in [2.05, 4.69) is 0 Å². The van der Waals surface area contributed by atoms with E-state index in [9.17, 15) is 0 Å². The van der Waals surface area contributed by atoms with Crippen LogP contribution in [-0.4, -0.2) is 17.2 Å². The van der Waals surface area contributed by atoms with Crippen molar-refractivity contribution in [1.29, 1.82) is 0 Å². The molecule has 0 N–H and O–H groups in total. The zero-order valence-electron chi connectivity index (χ0n) is 2.26. The Kier molecular flexibility index (Phi) is 2.01. The first kappa shape index (κ1) is 4.50. The molecule has 0 bridgehead atoms. The van der Waals surface area contributed by atoms with Gasteiger partial charge in [0.2, 0.25) is 0 Å². The minimum atomic E-state index is -2.12. The summed E-state index contributed by atoms with van der Waals surface area (Å²) in [4.78, 5) is 0. The van der Waals surface area contributed by atoms with Crippen LogP contribution in [0.3, 0.4) is 0 Å². The molecule has 0 radical (unpaired) electrons. The normalized spacial score (nSPS) is 6.50. The summed E-state index contributed by atoms with van der Waals surface area (Å²) in [5, 5.41) is 0. The fourth-order valence-electron chi connectivity index (χ4n) is 0. The summed E-state index contributed by atoms with van der Waals surface area (Å²) in [6.45, 7) is 0. The van der Waals surface area contributed by atoms with Crippen LogP contribution in [-0.2, 0) is 9.13 Å². The third-order valence-corrected chi connectivity index (χ3v) is 0. The Bertz CT molecular complexity index is 54.4. The van der Waals surface area contributed by atoms with Gasteiger partial charge in [-0.05, 0) is 0 Å². The Morgan fingerprint density at radius 1 is 1.50 bits per heavy atom. The molecule has 0 unspecified atom stereocenters. The molecule has 0 heterocycles. The van der Waals surface area contributed by atoms with Gasteiger partial charge in [-0.25, -0.2) is 0 Å². The average molecular weight is 69.9 g/mol. The molecule has 0 rings (SSSR count). The second kappa shape index (κ2) is 1.78. The van der Waals surface area contributed by atoms with Gasteiger partial charge in [-0.15, -0.1) is 0 Å². The van der Waals surface area contributed by atoms with Crippen LogP contribution in [0.2, 0.25) is 0 Å². The van der Waals surface area contributed by atoms with Gasteiger partial charge in [0.05, 0.1) is 0 Å². The van der Waals surface area contributed by atoms with Crippen LogP contribution in [0.15, 0.2) is 0 Å². The zero-order valence-corrected chi connectivity index (χ0v) is 3.16. The molecular weight excluding hydrogens is 69.9 g/mol. The molecule has 0 amide bonds. The van der Waals surface area contributed by atoms with Crippen molar-refractivity contribution in [1.82, 2.24) is 0 Å². The molecule has 0 saturated heterocycles. The van der Waals surface area contributed by atoms with E-state index in [0.29, 0.717) is 0 Å². The quantitative estimate of drug-likeness (QED) is 0.302. The molecule has 0 aliphatic rings. The van der Waals surface area contributed by atoms with Crippen LogP contribution in [0.25, 0.3) is 0 Å². The molecule has 0 saturated carbocycles. The van der Waals surface area contributed by atoms with Gasteiger partial charge in [0.1, 0.15) is 0 Å². The fourth-order valence-corrected chi connectivity index (χ4v) is 0. The van der Waals surface area contributed by atoms with Crippen molar-refractivity contribution >= 4 is 23.3 Å². The van der Waals surface area contributed by atoms with E-state index in [1.54, 1.807) is 0 Å². The van der Waals surface area contributed by atoms with Gasteiger partial charge in [0.15, 0.2) is 0 Å². The van der Waals surface area contributed by atoms with E-state index in [4.69, 9.17) is 9.13 Å². The third kappa shape index (κ3) is 22.6. The molecule has 4 heteroatoms. The van der Waals surface area contributed by atoms with Gasteiger partial charge >= 0.3 is 32.5 Å². The Morgan fingerprint density at radius 3 is 1.50 bits per heavy atom. The molecule has 0 aromatic rings. The molecule has 2 nitrogen and oxygen atoms in total. The minimum absolute atomic E-state index is 1.12. The topological polar surface area (TPSA) is 34.1 Å². The summed E-state index contributed by atoms with van der Waals surface area (Å²) in [6, 6.07) is 0. The molecular formula is LiO2P. The maximum absolute atomic E-state index is 9.04. The molecule has 0 spiro atoms. The third-order valence-electron chi connectivity index (χ3n) is 0. The van der Waals surface area contributed by atoms with Crippen LogP contribution in [0.5, 0.6) is 0 Å². The van der Waals surface area contributed by atoms with Crippen molar-refractivity contribution in [3.8, 4) is 0 Å². The fraction of sp³-hybridized carbons (Fsp3) is 0. The Morgan fingerprint density at radius 2 is 1.50 bits per heavy atom. The van der Waals surface area contributed by atoms with Crippen molar-refractivity contribution in [3.05, 3.63) is 0 Å². The monoisotopic (exact) mass is 70.0 g/mol. The Hall–Kier alpha value is 0.497. The van der Waals surface area contributed by atoms with Crippen molar-refractivity contribution < 1.29 is 9.13 Å². The first-order valence-electron chi connectivity index (χ1n) is 0.812. The Labute approximate surface area is 33.1 Å². The van der Waals surface area contributed by atoms with E-state index in [-0.39, 0.29) is 0 Å². The van der Waals surface area contributed by atoms with Crippen molar-refractivity contribution in [2.24, 2.45) is 0 Å². The van der Waals surface area contributed by atoms with E-state index in [0.717, 1.165) is 17.2 Å². The number of hydrogen-bond donors (Lipinski definition) is 0. The van der Waals surface area contributed by atoms with Gasteiger partial charge in [0, 0.05) is 0 Å². The van der Waals surface area contributed by atoms with Crippen molar-refractivity contribution in [3.63, 3.8) is 0 Å². The first-order chi connectivity index (χ1) is 1.73. The van der Waals surface area contributed by atoms with E-state index in [1.165, 1.54) is 0 Å². The molecule has 18 valence electrons. The van der Waals surface area contributed by atoms with Gasteiger partial charge in [-0.1, -0.05) is 0 Å². The Balaban J connectivity index is 3.51. The van der Waals surface area contributed by atoms with Gasteiger partial charge in [0.25, 0.3) is 0 Å². The SMILES string of the molecule is [Li][P](=O)=O. The predicted molar refractivity (Wildman–Crippen MR) is 14.0 cm³/mol. The average Bonchev–Trinajstić information content (AvgIpc) is 0.811. The van der Waals surface area contributed by atoms with Crippen molar-refractivity contribution in [2.75, 3.05) is 0 Å². The molecule has 0 aromatic carbocycles. The second-order valence-electron chi connectivity index (χ2n) is 0.440. The van der Waals surface area contributed by atoms with Gasteiger partial charge < -0.3 is 0 Å². The summed E-state index contributed by atoms with van der Waals surface area (Å²) >= 11 is 1.12. The molecule has 4 heavy (non-hydrogen) atoms. The number of rotatable bonds is 0. The zero-order chi connectivity index (χ0) is 3.58. The summed E-state index contributed by atoms with van der Waals surface area (Å²) in [7, 11) is 0.